The van der Waals surface area contributed by atoms with Crippen molar-refractivity contribution in [3.05, 3.63) is 85.1 Å². The maximum Gasteiger partial charge on any atom is 0.472 e. The van der Waals surface area contributed by atoms with Crippen LogP contribution in [0.1, 0.15) is 149 Å². The van der Waals surface area contributed by atoms with Gasteiger partial charge in [-0.05, 0) is 83.5 Å². The summed E-state index contributed by atoms with van der Waals surface area (Å²) in [5, 5.41) is 60.1. The summed E-state index contributed by atoms with van der Waals surface area (Å²) < 4.78 is 33.5. The van der Waals surface area contributed by atoms with E-state index in [0.717, 1.165) is 83.5 Å². The fraction of sp³-hybridized carbons (Fsp3) is 0.673. The highest BCUT2D eigenvalue weighted by Crippen LogP contribution is 2.47. The summed E-state index contributed by atoms with van der Waals surface area (Å²) in [5.74, 6) is -1.20. The Morgan fingerprint density at radius 1 is 0.578 bits per heavy atom. The monoisotopic (exact) mass is 925 g/mol. The fourth-order valence-corrected chi connectivity index (χ4v) is 7.45. The Bertz CT molecular complexity index is 1460. The molecule has 0 saturated heterocycles. The lowest BCUT2D eigenvalue weighted by molar-refractivity contribution is -0.220. The number of carbonyl (C=O) groups excluding carboxylic acids is 2. The molecule has 9 atom stereocenters. The summed E-state index contributed by atoms with van der Waals surface area (Å²) in [6.45, 7) is 3.00. The van der Waals surface area contributed by atoms with Gasteiger partial charge in [0.2, 0.25) is 0 Å². The molecule has 0 radical (unpaired) electrons. The van der Waals surface area contributed by atoms with Crippen LogP contribution >= 0.6 is 7.82 Å². The first-order valence-electron chi connectivity index (χ1n) is 23.5. The van der Waals surface area contributed by atoms with Crippen molar-refractivity contribution in [3.63, 3.8) is 0 Å². The van der Waals surface area contributed by atoms with Gasteiger partial charge in [0.05, 0.1) is 12.7 Å². The van der Waals surface area contributed by atoms with Crippen molar-refractivity contribution >= 4 is 19.8 Å². The second-order valence-corrected chi connectivity index (χ2v) is 17.5. The maximum atomic E-state index is 12.8. The van der Waals surface area contributed by atoms with Crippen LogP contribution in [0.25, 0.3) is 0 Å². The number of carbonyl (C=O) groups is 2. The molecule has 0 aliphatic heterocycles. The summed E-state index contributed by atoms with van der Waals surface area (Å²) >= 11 is 0. The molecule has 0 amide bonds. The van der Waals surface area contributed by atoms with E-state index in [-0.39, 0.29) is 12.8 Å². The highest BCUT2D eigenvalue weighted by Gasteiger charge is 2.51. The van der Waals surface area contributed by atoms with Gasteiger partial charge in [-0.1, -0.05) is 137 Å². The molecule has 0 heterocycles. The van der Waals surface area contributed by atoms with E-state index in [4.69, 9.17) is 18.5 Å². The maximum absolute atomic E-state index is 12.8. The summed E-state index contributed by atoms with van der Waals surface area (Å²) in [6, 6.07) is 0. The lowest BCUT2D eigenvalue weighted by Gasteiger charge is -2.41. The van der Waals surface area contributed by atoms with Gasteiger partial charge in [0, 0.05) is 12.8 Å². The van der Waals surface area contributed by atoms with Crippen molar-refractivity contribution in [1.29, 1.82) is 0 Å². The zero-order valence-corrected chi connectivity index (χ0v) is 39.3. The predicted octanol–water partition coefficient (Wildman–Crippen LogP) is 8.25. The number of hydrogen-bond donors (Lipinski definition) is 7. The third kappa shape index (κ3) is 30.2. The molecule has 14 nitrogen and oxygen atoms in total. The molecule has 1 saturated carbocycles. The van der Waals surface area contributed by atoms with Gasteiger partial charge < -0.3 is 45.0 Å². The molecule has 1 rings (SSSR count). The van der Waals surface area contributed by atoms with Gasteiger partial charge >= 0.3 is 19.8 Å². The molecule has 64 heavy (non-hydrogen) atoms. The highest BCUT2D eigenvalue weighted by atomic mass is 31.2. The predicted molar refractivity (Wildman–Crippen MR) is 250 cm³/mol. The third-order valence-electron chi connectivity index (χ3n) is 10.3. The molecular weight excluding hydrogens is 843 g/mol. The van der Waals surface area contributed by atoms with Crippen LogP contribution in [0.5, 0.6) is 0 Å². The van der Waals surface area contributed by atoms with Crippen LogP contribution in [-0.2, 0) is 32.7 Å². The molecule has 1 fully saturated rings. The van der Waals surface area contributed by atoms with Gasteiger partial charge in [-0.15, -0.1) is 0 Å². The number of ether oxygens (including phenoxy) is 2. The van der Waals surface area contributed by atoms with Crippen molar-refractivity contribution in [2.24, 2.45) is 0 Å². The standard InChI is InChI=1S/C49H81O14P/c1-3-5-7-8-9-10-11-12-13-14-15-16-17-18-19-22-25-28-32-36-42(51)60-38-41(39-61-64(58,59)63-49-47(56)45(54)44(53)46(55)48(49)57)62-43(52)37-33-29-26-23-20-21-24-27-31-35-40(50)34-30-6-4-2/h6,9-10,12-13,15-16,18-19,24,27,30-31,35,40-41,44-50,53-57H,3-5,7-8,11,14,17,20-23,25-26,28-29,32-34,36-39H2,1-2H3,(H,58,59)/b10-9-,13-12-,16-15-,19-18-,27-24+,30-6+,35-31+/t40?,41-,44?,45-,46+,47-,48-,49?/m1/s1. The first-order valence-corrected chi connectivity index (χ1v) is 25.0. The number of allylic oxidation sites excluding steroid dienone is 12. The van der Waals surface area contributed by atoms with Crippen molar-refractivity contribution in [3.8, 4) is 0 Å². The lowest BCUT2D eigenvalue weighted by atomic mass is 9.85. The first kappa shape index (κ1) is 59.0. The highest BCUT2D eigenvalue weighted by molar-refractivity contribution is 7.47. The minimum atomic E-state index is -5.15. The fourth-order valence-electron chi connectivity index (χ4n) is 6.48. The molecule has 0 aromatic heterocycles. The summed E-state index contributed by atoms with van der Waals surface area (Å²) in [4.78, 5) is 35.7. The van der Waals surface area contributed by atoms with E-state index >= 15 is 0 Å². The van der Waals surface area contributed by atoms with Crippen LogP contribution in [0.2, 0.25) is 0 Å². The van der Waals surface area contributed by atoms with Crippen molar-refractivity contribution in [2.45, 2.75) is 198 Å². The molecule has 0 spiro atoms. The Balaban J connectivity index is 2.51. The summed E-state index contributed by atoms with van der Waals surface area (Å²) in [5.41, 5.74) is 0. The molecule has 366 valence electrons. The van der Waals surface area contributed by atoms with Gasteiger partial charge in [0.15, 0.2) is 6.10 Å². The average molecular weight is 925 g/mol. The van der Waals surface area contributed by atoms with E-state index in [9.17, 15) is 49.7 Å². The Morgan fingerprint density at radius 2 is 1.08 bits per heavy atom. The first-order chi connectivity index (χ1) is 30.8. The Kier molecular flexibility index (Phi) is 35.2. The van der Waals surface area contributed by atoms with Crippen molar-refractivity contribution in [1.82, 2.24) is 0 Å². The van der Waals surface area contributed by atoms with Crippen LogP contribution in [0.3, 0.4) is 0 Å². The molecule has 7 N–H and O–H groups in total. The van der Waals surface area contributed by atoms with Crippen LogP contribution in [0.4, 0.5) is 0 Å². The number of hydrogen-bond acceptors (Lipinski definition) is 13. The molecule has 0 aromatic rings. The number of aliphatic hydroxyl groups excluding tert-OH is 6. The molecule has 1 aliphatic carbocycles. The molecule has 0 aromatic carbocycles. The Hall–Kier alpha value is -3.01. The van der Waals surface area contributed by atoms with Crippen molar-refractivity contribution in [2.75, 3.05) is 13.2 Å². The minimum absolute atomic E-state index is 0.0379. The van der Waals surface area contributed by atoms with E-state index in [2.05, 4.69) is 55.5 Å². The minimum Gasteiger partial charge on any atom is -0.462 e. The van der Waals surface area contributed by atoms with E-state index < -0.39 is 81.8 Å². The normalized spacial score (nSPS) is 22.8. The average Bonchev–Trinajstić information content (AvgIpc) is 3.27. The third-order valence-corrected chi connectivity index (χ3v) is 11.3. The van der Waals surface area contributed by atoms with Gasteiger partial charge in [0.1, 0.15) is 43.2 Å². The molecule has 4 unspecified atom stereocenters. The van der Waals surface area contributed by atoms with Gasteiger partial charge in [0.25, 0.3) is 0 Å². The lowest BCUT2D eigenvalue weighted by Crippen LogP contribution is -2.64. The molecule has 15 heteroatoms. The van der Waals surface area contributed by atoms with E-state index in [1.807, 2.05) is 37.3 Å². The van der Waals surface area contributed by atoms with Crippen molar-refractivity contribution < 1.29 is 68.2 Å². The second-order valence-electron chi connectivity index (χ2n) is 16.1. The quantitative estimate of drug-likeness (QED) is 0.0102. The number of unbranched alkanes of at least 4 members (excludes halogenated alkanes) is 11. The van der Waals surface area contributed by atoms with Gasteiger partial charge in [-0.3, -0.25) is 18.6 Å². The zero-order chi connectivity index (χ0) is 47.3. The second kappa shape index (κ2) is 38.1. The SMILES string of the molecule is CC/C=C/CC(O)/C=C/C=C/CCCCCCCC(=O)O[C@H](COC(=O)CCCCC/C=C\C/C=C\C/C=C\C/C=C\CCCCC)COP(=O)(O)OC1[C@H](O)[C@H](O)C(O)[C@H](O)[C@H]1O. The number of rotatable bonds is 37. The zero-order valence-electron chi connectivity index (χ0n) is 38.4. The van der Waals surface area contributed by atoms with E-state index in [0.29, 0.717) is 19.3 Å². The van der Waals surface area contributed by atoms with E-state index in [1.165, 1.54) is 19.3 Å². The van der Waals surface area contributed by atoms with Gasteiger partial charge in [-0.25, -0.2) is 4.57 Å². The summed E-state index contributed by atoms with van der Waals surface area (Å²) in [6.07, 6.45) is 32.4. The van der Waals surface area contributed by atoms with Crippen LogP contribution in [0, 0.1) is 0 Å². The summed E-state index contributed by atoms with van der Waals surface area (Å²) in [7, 11) is -5.15. The van der Waals surface area contributed by atoms with Crippen LogP contribution in [0.15, 0.2) is 85.1 Å². The van der Waals surface area contributed by atoms with Crippen LogP contribution in [-0.4, -0.2) is 110 Å². The molecular formula is C49H81O14P. The number of phosphoric acid groups is 1. The van der Waals surface area contributed by atoms with Crippen LogP contribution < -0.4 is 0 Å². The largest absolute Gasteiger partial charge is 0.472 e. The Morgan fingerprint density at radius 3 is 1.67 bits per heavy atom. The van der Waals surface area contributed by atoms with Gasteiger partial charge in [-0.2, -0.15) is 0 Å². The number of aliphatic hydroxyl groups is 6. The molecule has 1 aliphatic rings. The molecule has 0 bridgehead atoms. The topological polar surface area (TPSA) is 230 Å². The smallest absolute Gasteiger partial charge is 0.462 e. The number of esters is 2. The number of phosphoric ester groups is 1. The van der Waals surface area contributed by atoms with E-state index in [1.54, 1.807) is 6.08 Å². The Labute approximate surface area is 382 Å².